The fraction of sp³-hybridized carbons (Fsp3) is 0.450. The highest BCUT2D eigenvalue weighted by molar-refractivity contribution is 6.31. The lowest BCUT2D eigenvalue weighted by molar-refractivity contribution is 0.409. The van der Waals surface area contributed by atoms with Crippen molar-refractivity contribution < 1.29 is 4.74 Å². The average Bonchev–Trinajstić information content (AvgIpc) is 3.08. The fourth-order valence-corrected chi connectivity index (χ4v) is 4.17. The van der Waals surface area contributed by atoms with E-state index >= 15 is 0 Å². The van der Waals surface area contributed by atoms with Crippen LogP contribution < -0.4 is 20.9 Å². The number of benzene rings is 1. The molecule has 2 aromatic heterocycles. The van der Waals surface area contributed by atoms with Crippen molar-refractivity contribution in [2.75, 3.05) is 18.6 Å². The fourth-order valence-electron chi connectivity index (χ4n) is 4.00. The van der Waals surface area contributed by atoms with Gasteiger partial charge in [0.15, 0.2) is 11.2 Å². The molecule has 154 valence electrons. The Morgan fingerprint density at radius 1 is 1.28 bits per heavy atom. The SMILES string of the molecule is CCCn1c(=O)c2c(nc3n2C[C@@H](C)CN3c2cc(Cl)ccc2OC)n(C)c1=O. The molecule has 0 spiro atoms. The van der Waals surface area contributed by atoms with E-state index in [0.29, 0.717) is 53.9 Å². The number of aryl methyl sites for hydroxylation is 1. The smallest absolute Gasteiger partial charge is 0.332 e. The summed E-state index contributed by atoms with van der Waals surface area (Å²) in [5, 5.41) is 0.583. The third-order valence-electron chi connectivity index (χ3n) is 5.32. The van der Waals surface area contributed by atoms with Gasteiger partial charge in [-0.25, -0.2) is 4.79 Å². The molecule has 0 bridgehead atoms. The van der Waals surface area contributed by atoms with Crippen molar-refractivity contribution in [1.82, 2.24) is 18.7 Å². The van der Waals surface area contributed by atoms with Gasteiger partial charge in [-0.1, -0.05) is 25.4 Å². The minimum absolute atomic E-state index is 0.250. The van der Waals surface area contributed by atoms with Crippen LogP contribution in [0.25, 0.3) is 11.2 Å². The number of hydrogen-bond donors (Lipinski definition) is 0. The second kappa shape index (κ2) is 7.26. The van der Waals surface area contributed by atoms with Crippen LogP contribution in [0.4, 0.5) is 11.6 Å². The maximum absolute atomic E-state index is 13.2. The number of nitrogens with zero attached hydrogens (tertiary/aromatic N) is 5. The van der Waals surface area contributed by atoms with E-state index in [1.807, 2.05) is 28.5 Å². The lowest BCUT2D eigenvalue weighted by atomic mass is 10.1. The summed E-state index contributed by atoms with van der Waals surface area (Å²) in [6, 6.07) is 5.41. The van der Waals surface area contributed by atoms with Gasteiger partial charge in [0, 0.05) is 31.7 Å². The standard InChI is InChI=1S/C20H24ClN5O3/c1-5-8-24-18(27)16-17(23(3)20(24)28)22-19-25(10-12(2)11-26(16)19)14-9-13(21)6-7-15(14)29-4/h6-7,9,12H,5,8,10-11H2,1-4H3/t12-/m0/s1. The molecule has 1 atom stereocenters. The predicted molar refractivity (Wildman–Crippen MR) is 114 cm³/mol. The monoisotopic (exact) mass is 417 g/mol. The van der Waals surface area contributed by atoms with Crippen LogP contribution in [0.1, 0.15) is 20.3 Å². The summed E-state index contributed by atoms with van der Waals surface area (Å²) in [5.41, 5.74) is 0.980. The Bertz CT molecular complexity index is 1210. The first-order valence-electron chi connectivity index (χ1n) is 9.68. The molecule has 9 heteroatoms. The lowest BCUT2D eigenvalue weighted by Gasteiger charge is -2.33. The van der Waals surface area contributed by atoms with Gasteiger partial charge in [0.2, 0.25) is 5.95 Å². The number of methoxy groups -OCH3 is 1. The van der Waals surface area contributed by atoms with E-state index in [4.69, 9.17) is 21.3 Å². The molecule has 3 aromatic rings. The zero-order valence-electron chi connectivity index (χ0n) is 17.0. The van der Waals surface area contributed by atoms with Crippen LogP contribution in [0.2, 0.25) is 5.02 Å². The van der Waals surface area contributed by atoms with Crippen LogP contribution in [0.5, 0.6) is 5.75 Å². The molecular formula is C20H24ClN5O3. The molecule has 0 N–H and O–H groups in total. The van der Waals surface area contributed by atoms with Crippen molar-refractivity contribution in [2.24, 2.45) is 13.0 Å². The van der Waals surface area contributed by atoms with Crippen LogP contribution in [0.15, 0.2) is 27.8 Å². The summed E-state index contributed by atoms with van der Waals surface area (Å²) in [7, 11) is 3.26. The zero-order chi connectivity index (χ0) is 20.9. The van der Waals surface area contributed by atoms with Gasteiger partial charge in [0.1, 0.15) is 5.75 Å². The molecular weight excluding hydrogens is 394 g/mol. The minimum Gasteiger partial charge on any atom is -0.495 e. The summed E-state index contributed by atoms with van der Waals surface area (Å²) in [6.07, 6.45) is 0.698. The van der Waals surface area contributed by atoms with Crippen molar-refractivity contribution in [3.05, 3.63) is 44.1 Å². The molecule has 3 heterocycles. The van der Waals surface area contributed by atoms with E-state index < -0.39 is 0 Å². The highest BCUT2D eigenvalue weighted by Crippen LogP contribution is 2.39. The molecule has 1 aromatic carbocycles. The summed E-state index contributed by atoms with van der Waals surface area (Å²) < 4.78 is 10.2. The van der Waals surface area contributed by atoms with Gasteiger partial charge in [-0.05, 0) is 30.5 Å². The largest absolute Gasteiger partial charge is 0.495 e. The van der Waals surface area contributed by atoms with Crippen molar-refractivity contribution in [2.45, 2.75) is 33.4 Å². The van der Waals surface area contributed by atoms with Crippen LogP contribution >= 0.6 is 11.6 Å². The first-order valence-corrected chi connectivity index (χ1v) is 10.1. The van der Waals surface area contributed by atoms with E-state index in [9.17, 15) is 9.59 Å². The summed E-state index contributed by atoms with van der Waals surface area (Å²) in [6.45, 7) is 5.77. The first kappa shape index (κ1) is 19.6. The molecule has 0 aliphatic carbocycles. The van der Waals surface area contributed by atoms with Gasteiger partial charge in [-0.15, -0.1) is 0 Å². The van der Waals surface area contributed by atoms with Crippen LogP contribution in [-0.2, 0) is 20.1 Å². The number of rotatable bonds is 4. The van der Waals surface area contributed by atoms with Gasteiger partial charge in [-0.3, -0.25) is 13.9 Å². The summed E-state index contributed by atoms with van der Waals surface area (Å²) >= 11 is 6.25. The van der Waals surface area contributed by atoms with E-state index in [0.717, 1.165) is 5.69 Å². The van der Waals surface area contributed by atoms with Crippen molar-refractivity contribution >= 4 is 34.4 Å². The van der Waals surface area contributed by atoms with Crippen LogP contribution in [-0.4, -0.2) is 32.3 Å². The van der Waals surface area contributed by atoms with Gasteiger partial charge in [-0.2, -0.15) is 4.98 Å². The summed E-state index contributed by atoms with van der Waals surface area (Å²) in [4.78, 5) is 32.6. The maximum Gasteiger partial charge on any atom is 0.332 e. The second-order valence-corrected chi connectivity index (χ2v) is 7.96. The first-order chi connectivity index (χ1) is 13.9. The molecule has 1 aliphatic heterocycles. The highest BCUT2D eigenvalue weighted by Gasteiger charge is 2.31. The molecule has 8 nitrogen and oxygen atoms in total. The topological polar surface area (TPSA) is 74.3 Å². The molecule has 4 rings (SSSR count). The minimum atomic E-state index is -0.347. The van der Waals surface area contributed by atoms with Gasteiger partial charge < -0.3 is 14.2 Å². The number of imidazole rings is 1. The van der Waals surface area contributed by atoms with Gasteiger partial charge in [0.05, 0.1) is 12.8 Å². The summed E-state index contributed by atoms with van der Waals surface area (Å²) in [5.74, 6) is 1.53. The van der Waals surface area contributed by atoms with Gasteiger partial charge >= 0.3 is 5.69 Å². The third kappa shape index (κ3) is 3.02. The number of halogens is 1. The molecule has 0 unspecified atom stereocenters. The maximum atomic E-state index is 13.2. The lowest BCUT2D eigenvalue weighted by Crippen LogP contribution is -2.40. The van der Waals surface area contributed by atoms with Crippen LogP contribution in [0.3, 0.4) is 0 Å². The Labute approximate surface area is 172 Å². The predicted octanol–water partition coefficient (Wildman–Crippen LogP) is 2.76. The third-order valence-corrected chi connectivity index (χ3v) is 5.56. The number of fused-ring (bicyclic) bond motifs is 3. The Morgan fingerprint density at radius 2 is 2.03 bits per heavy atom. The second-order valence-electron chi connectivity index (χ2n) is 7.52. The van der Waals surface area contributed by atoms with E-state index in [1.54, 1.807) is 20.2 Å². The Hall–Kier alpha value is -2.74. The number of ether oxygens (including phenoxy) is 1. The number of hydrogen-bond acceptors (Lipinski definition) is 5. The number of aromatic nitrogens is 4. The molecule has 0 radical (unpaired) electrons. The molecule has 0 saturated heterocycles. The average molecular weight is 418 g/mol. The highest BCUT2D eigenvalue weighted by atomic mass is 35.5. The molecule has 0 fully saturated rings. The van der Waals surface area contributed by atoms with E-state index in [2.05, 4.69) is 6.92 Å². The van der Waals surface area contributed by atoms with E-state index in [-0.39, 0.29) is 17.2 Å². The normalized spacial score (nSPS) is 16.3. The van der Waals surface area contributed by atoms with Crippen molar-refractivity contribution in [3.63, 3.8) is 0 Å². The molecule has 0 saturated carbocycles. The Kier molecular flexibility index (Phi) is 4.90. The Balaban J connectivity index is 2.03. The van der Waals surface area contributed by atoms with Crippen molar-refractivity contribution in [1.29, 1.82) is 0 Å². The van der Waals surface area contributed by atoms with E-state index in [1.165, 1.54) is 9.13 Å². The Morgan fingerprint density at radius 3 is 2.72 bits per heavy atom. The zero-order valence-corrected chi connectivity index (χ0v) is 17.7. The molecule has 0 amide bonds. The van der Waals surface area contributed by atoms with Gasteiger partial charge in [0.25, 0.3) is 5.56 Å². The quantitative estimate of drug-likeness (QED) is 0.652. The number of anilines is 2. The molecule has 1 aliphatic rings. The van der Waals surface area contributed by atoms with Crippen molar-refractivity contribution in [3.8, 4) is 5.75 Å². The molecule has 29 heavy (non-hydrogen) atoms. The van der Waals surface area contributed by atoms with Crippen LogP contribution in [0, 0.1) is 5.92 Å².